The highest BCUT2D eigenvalue weighted by Gasteiger charge is 2.40. The molecule has 2 saturated heterocycles. The second-order valence-electron chi connectivity index (χ2n) is 4.80. The van der Waals surface area contributed by atoms with E-state index in [0.29, 0.717) is 18.7 Å². The molecule has 0 saturated carbocycles. The molecule has 0 aromatic heterocycles. The number of aliphatic hydroxyl groups excluding tert-OH is 1. The summed E-state index contributed by atoms with van der Waals surface area (Å²) >= 11 is 0. The maximum Gasteiger partial charge on any atom is 0.151 e. The molecule has 0 aromatic rings. The first-order valence-corrected chi connectivity index (χ1v) is 7.10. The molecule has 0 aromatic carbocycles. The van der Waals surface area contributed by atoms with E-state index in [1.807, 2.05) is 0 Å². The Kier molecular flexibility index (Phi) is 2.79. The average molecular weight is 234 g/mol. The molecule has 88 valence electrons. The minimum Gasteiger partial charge on any atom is -0.394 e. The normalized spacial score (nSPS) is 41.1. The third kappa shape index (κ3) is 2.33. The SMILES string of the molecule is NC1(CO)CCN(C2CCS(=O)(=O)C2)C1. The summed E-state index contributed by atoms with van der Waals surface area (Å²) in [5.41, 5.74) is 5.42. The largest absolute Gasteiger partial charge is 0.394 e. The van der Waals surface area contributed by atoms with Gasteiger partial charge in [0, 0.05) is 19.1 Å². The summed E-state index contributed by atoms with van der Waals surface area (Å²) in [6.45, 7) is 1.39. The van der Waals surface area contributed by atoms with Crippen molar-refractivity contribution in [1.29, 1.82) is 0 Å². The molecule has 6 heteroatoms. The zero-order chi connectivity index (χ0) is 11.1. The van der Waals surface area contributed by atoms with E-state index in [0.717, 1.165) is 13.0 Å². The van der Waals surface area contributed by atoms with Crippen LogP contribution < -0.4 is 5.73 Å². The van der Waals surface area contributed by atoms with Crippen molar-refractivity contribution in [3.05, 3.63) is 0 Å². The predicted octanol–water partition coefficient (Wildman–Crippen LogP) is -1.43. The van der Waals surface area contributed by atoms with Crippen LogP contribution in [-0.2, 0) is 9.84 Å². The number of hydrogen-bond acceptors (Lipinski definition) is 5. The van der Waals surface area contributed by atoms with Crippen molar-refractivity contribution in [3.63, 3.8) is 0 Å². The van der Waals surface area contributed by atoms with E-state index in [1.165, 1.54) is 0 Å². The molecule has 2 heterocycles. The second kappa shape index (κ2) is 3.69. The van der Waals surface area contributed by atoms with E-state index in [1.54, 1.807) is 0 Å². The Morgan fingerprint density at radius 2 is 2.27 bits per heavy atom. The summed E-state index contributed by atoms with van der Waals surface area (Å²) in [4.78, 5) is 2.11. The Morgan fingerprint density at radius 3 is 2.73 bits per heavy atom. The van der Waals surface area contributed by atoms with Crippen LogP contribution >= 0.6 is 0 Å². The van der Waals surface area contributed by atoms with Gasteiger partial charge in [-0.1, -0.05) is 0 Å². The lowest BCUT2D eigenvalue weighted by molar-refractivity contribution is 0.181. The molecule has 0 spiro atoms. The summed E-state index contributed by atoms with van der Waals surface area (Å²) in [7, 11) is -2.82. The lowest BCUT2D eigenvalue weighted by Crippen LogP contribution is -2.47. The Labute approximate surface area is 90.2 Å². The van der Waals surface area contributed by atoms with Crippen molar-refractivity contribution in [1.82, 2.24) is 4.90 Å². The van der Waals surface area contributed by atoms with Gasteiger partial charge < -0.3 is 10.8 Å². The molecule has 5 nitrogen and oxygen atoms in total. The number of nitrogens with zero attached hydrogens (tertiary/aromatic N) is 1. The van der Waals surface area contributed by atoms with Crippen LogP contribution in [0.25, 0.3) is 0 Å². The molecule has 0 amide bonds. The average Bonchev–Trinajstić information content (AvgIpc) is 2.71. The molecule has 2 aliphatic rings. The van der Waals surface area contributed by atoms with E-state index in [2.05, 4.69) is 4.90 Å². The van der Waals surface area contributed by atoms with Crippen molar-refractivity contribution in [2.45, 2.75) is 24.4 Å². The molecule has 2 rings (SSSR count). The topological polar surface area (TPSA) is 83.6 Å². The molecule has 2 fully saturated rings. The van der Waals surface area contributed by atoms with Crippen LogP contribution in [-0.4, -0.2) is 61.2 Å². The highest BCUT2D eigenvalue weighted by atomic mass is 32.2. The fraction of sp³-hybridized carbons (Fsp3) is 1.00. The monoisotopic (exact) mass is 234 g/mol. The Bertz CT molecular complexity index is 343. The third-order valence-corrected chi connectivity index (χ3v) is 5.20. The van der Waals surface area contributed by atoms with Gasteiger partial charge in [0.1, 0.15) is 0 Å². The van der Waals surface area contributed by atoms with E-state index in [9.17, 15) is 8.42 Å². The molecule has 2 atom stereocenters. The lowest BCUT2D eigenvalue weighted by atomic mass is 10.0. The van der Waals surface area contributed by atoms with Crippen molar-refractivity contribution in [2.75, 3.05) is 31.2 Å². The number of likely N-dealkylation sites (tertiary alicyclic amines) is 1. The molecule has 3 N–H and O–H groups in total. The van der Waals surface area contributed by atoms with Crippen molar-refractivity contribution in [2.24, 2.45) is 5.73 Å². The maximum absolute atomic E-state index is 11.3. The van der Waals surface area contributed by atoms with Crippen LogP contribution in [0.4, 0.5) is 0 Å². The lowest BCUT2D eigenvalue weighted by Gasteiger charge is -2.25. The first kappa shape index (κ1) is 11.3. The first-order chi connectivity index (χ1) is 6.94. The minimum absolute atomic E-state index is 0.0248. The Morgan fingerprint density at radius 1 is 1.53 bits per heavy atom. The summed E-state index contributed by atoms with van der Waals surface area (Å²) in [6.07, 6.45) is 1.46. The molecule has 2 aliphatic heterocycles. The third-order valence-electron chi connectivity index (χ3n) is 3.45. The first-order valence-electron chi connectivity index (χ1n) is 5.28. The second-order valence-corrected chi connectivity index (χ2v) is 7.03. The summed E-state index contributed by atoms with van der Waals surface area (Å²) < 4.78 is 22.6. The summed E-state index contributed by atoms with van der Waals surface area (Å²) in [6, 6.07) is 0.118. The highest BCUT2D eigenvalue weighted by Crippen LogP contribution is 2.25. The van der Waals surface area contributed by atoms with Gasteiger partial charge >= 0.3 is 0 Å². The van der Waals surface area contributed by atoms with Crippen LogP contribution in [0.15, 0.2) is 0 Å². The fourth-order valence-corrected chi connectivity index (χ4v) is 4.19. The van der Waals surface area contributed by atoms with Gasteiger partial charge in [0.2, 0.25) is 0 Å². The van der Waals surface area contributed by atoms with E-state index in [-0.39, 0.29) is 18.4 Å². The Balaban J connectivity index is 1.98. The standard InChI is InChI=1S/C9H18N2O3S/c10-9(7-12)2-3-11(6-9)8-1-4-15(13,14)5-8/h8,12H,1-7,10H2. The molecular weight excluding hydrogens is 216 g/mol. The predicted molar refractivity (Wildman–Crippen MR) is 57.3 cm³/mol. The summed E-state index contributed by atoms with van der Waals surface area (Å²) in [5, 5.41) is 9.12. The zero-order valence-electron chi connectivity index (χ0n) is 8.72. The smallest absolute Gasteiger partial charge is 0.151 e. The van der Waals surface area contributed by atoms with Gasteiger partial charge in [-0.3, -0.25) is 4.90 Å². The van der Waals surface area contributed by atoms with Crippen molar-refractivity contribution in [3.8, 4) is 0 Å². The highest BCUT2D eigenvalue weighted by molar-refractivity contribution is 7.91. The van der Waals surface area contributed by atoms with Crippen LogP contribution in [0.3, 0.4) is 0 Å². The van der Waals surface area contributed by atoms with Crippen molar-refractivity contribution >= 4 is 9.84 Å². The molecular formula is C9H18N2O3S. The molecule has 15 heavy (non-hydrogen) atoms. The fourth-order valence-electron chi connectivity index (χ4n) is 2.43. The zero-order valence-corrected chi connectivity index (χ0v) is 9.54. The number of rotatable bonds is 2. The quantitative estimate of drug-likeness (QED) is 0.612. The molecule has 0 radical (unpaired) electrons. The van der Waals surface area contributed by atoms with Gasteiger partial charge in [0.15, 0.2) is 9.84 Å². The molecule has 0 bridgehead atoms. The van der Waals surface area contributed by atoms with Crippen LogP contribution in [0, 0.1) is 0 Å². The van der Waals surface area contributed by atoms with Crippen LogP contribution in [0.5, 0.6) is 0 Å². The minimum atomic E-state index is -2.82. The number of hydrogen-bond donors (Lipinski definition) is 2. The number of sulfone groups is 1. The van der Waals surface area contributed by atoms with Gasteiger partial charge in [-0.15, -0.1) is 0 Å². The van der Waals surface area contributed by atoms with E-state index >= 15 is 0 Å². The van der Waals surface area contributed by atoms with Gasteiger partial charge in [0.05, 0.1) is 23.7 Å². The maximum atomic E-state index is 11.3. The number of aliphatic hydroxyl groups is 1. The summed E-state index contributed by atoms with van der Waals surface area (Å²) in [5.74, 6) is 0.555. The van der Waals surface area contributed by atoms with E-state index in [4.69, 9.17) is 10.8 Å². The van der Waals surface area contributed by atoms with E-state index < -0.39 is 15.4 Å². The molecule has 2 unspecified atom stereocenters. The van der Waals surface area contributed by atoms with Gasteiger partial charge in [-0.2, -0.15) is 0 Å². The van der Waals surface area contributed by atoms with Gasteiger partial charge in [0.25, 0.3) is 0 Å². The number of nitrogens with two attached hydrogens (primary N) is 1. The van der Waals surface area contributed by atoms with Gasteiger partial charge in [-0.05, 0) is 12.8 Å². The van der Waals surface area contributed by atoms with Crippen molar-refractivity contribution < 1.29 is 13.5 Å². The Hall–Kier alpha value is -0.170. The molecule has 0 aliphatic carbocycles. The van der Waals surface area contributed by atoms with Gasteiger partial charge in [-0.25, -0.2) is 8.42 Å². The van der Waals surface area contributed by atoms with Crippen LogP contribution in [0.2, 0.25) is 0 Å². The van der Waals surface area contributed by atoms with Crippen LogP contribution in [0.1, 0.15) is 12.8 Å².